The Balaban J connectivity index is 3.31. The Bertz CT molecular complexity index is 55.6. The van der Waals surface area contributed by atoms with Crippen molar-refractivity contribution in [1.82, 2.24) is 4.90 Å². The van der Waals surface area contributed by atoms with Crippen LogP contribution in [0.2, 0.25) is 0 Å². The van der Waals surface area contributed by atoms with Crippen LogP contribution in [0, 0.1) is 12.8 Å². The fourth-order valence-electron chi connectivity index (χ4n) is 0.895. The van der Waals surface area contributed by atoms with E-state index in [1.165, 1.54) is 6.54 Å². The van der Waals surface area contributed by atoms with Gasteiger partial charge in [-0.25, -0.2) is 0 Å². The zero-order valence-corrected chi connectivity index (χ0v) is 6.85. The van der Waals surface area contributed by atoms with Crippen molar-refractivity contribution in [3.63, 3.8) is 0 Å². The molecule has 1 radical (unpaired) electrons. The molecule has 0 heterocycles. The minimum absolute atomic E-state index is 0.770. The zero-order chi connectivity index (χ0) is 7.28. The summed E-state index contributed by atoms with van der Waals surface area (Å²) < 4.78 is 0. The summed E-state index contributed by atoms with van der Waals surface area (Å²) in [5.74, 6) is 0.770. The highest BCUT2D eigenvalue weighted by atomic mass is 15.1. The Kier molecular flexibility index (Phi) is 4.78. The summed E-state index contributed by atoms with van der Waals surface area (Å²) >= 11 is 0. The first-order chi connectivity index (χ1) is 4.20. The maximum absolute atomic E-state index is 3.84. The molecule has 0 aliphatic carbocycles. The van der Waals surface area contributed by atoms with Crippen LogP contribution in [0.15, 0.2) is 0 Å². The van der Waals surface area contributed by atoms with Crippen molar-refractivity contribution in [2.45, 2.75) is 20.8 Å². The first-order valence-electron chi connectivity index (χ1n) is 3.72. The molecule has 0 aromatic rings. The molecule has 0 aliphatic rings. The van der Waals surface area contributed by atoms with Crippen LogP contribution in [0.3, 0.4) is 0 Å². The van der Waals surface area contributed by atoms with Gasteiger partial charge in [-0.2, -0.15) is 0 Å². The van der Waals surface area contributed by atoms with Gasteiger partial charge in [-0.15, -0.1) is 0 Å². The molecule has 55 valence electrons. The number of rotatable bonds is 4. The van der Waals surface area contributed by atoms with Crippen molar-refractivity contribution < 1.29 is 0 Å². The monoisotopic (exact) mass is 128 g/mol. The maximum Gasteiger partial charge on any atom is 0.000427 e. The standard InChI is InChI=1S/C8H18N/c1-5-9(6-2)7-8(3)4/h8H,1,5-7H2,2-4H3. The average Bonchev–Trinajstić information content (AvgIpc) is 1.82. The van der Waals surface area contributed by atoms with E-state index >= 15 is 0 Å². The quantitative estimate of drug-likeness (QED) is 0.558. The van der Waals surface area contributed by atoms with Crippen LogP contribution >= 0.6 is 0 Å². The molecule has 0 aliphatic heterocycles. The van der Waals surface area contributed by atoms with E-state index in [9.17, 15) is 0 Å². The van der Waals surface area contributed by atoms with Gasteiger partial charge in [-0.1, -0.05) is 20.8 Å². The molecular weight excluding hydrogens is 110 g/mol. The summed E-state index contributed by atoms with van der Waals surface area (Å²) in [6, 6.07) is 0. The van der Waals surface area contributed by atoms with E-state index in [0.717, 1.165) is 19.0 Å². The van der Waals surface area contributed by atoms with Crippen LogP contribution in [-0.2, 0) is 0 Å². The van der Waals surface area contributed by atoms with Crippen LogP contribution in [0.4, 0.5) is 0 Å². The van der Waals surface area contributed by atoms with Crippen molar-refractivity contribution in [1.29, 1.82) is 0 Å². The molecule has 0 fully saturated rings. The summed E-state index contributed by atoms with van der Waals surface area (Å²) in [7, 11) is 0. The van der Waals surface area contributed by atoms with Gasteiger partial charge in [0.2, 0.25) is 0 Å². The molecule has 9 heavy (non-hydrogen) atoms. The molecule has 0 aromatic heterocycles. The van der Waals surface area contributed by atoms with E-state index in [-0.39, 0.29) is 0 Å². The minimum Gasteiger partial charge on any atom is -0.303 e. The third kappa shape index (κ3) is 4.46. The van der Waals surface area contributed by atoms with Gasteiger partial charge < -0.3 is 4.90 Å². The summed E-state index contributed by atoms with van der Waals surface area (Å²) in [6.45, 7) is 13.7. The fourth-order valence-corrected chi connectivity index (χ4v) is 0.895. The molecule has 0 rings (SSSR count). The first kappa shape index (κ1) is 8.96. The molecule has 0 atom stereocenters. The second-order valence-electron chi connectivity index (χ2n) is 2.79. The van der Waals surface area contributed by atoms with Crippen LogP contribution in [-0.4, -0.2) is 24.5 Å². The Morgan fingerprint density at radius 1 is 1.44 bits per heavy atom. The Morgan fingerprint density at radius 2 is 2.00 bits per heavy atom. The zero-order valence-electron chi connectivity index (χ0n) is 6.85. The summed E-state index contributed by atoms with van der Waals surface area (Å²) in [6.07, 6.45) is 0. The molecule has 0 saturated carbocycles. The van der Waals surface area contributed by atoms with Crippen LogP contribution in [0.25, 0.3) is 0 Å². The smallest absolute Gasteiger partial charge is 0.000427 e. The Labute approximate surface area is 59.1 Å². The van der Waals surface area contributed by atoms with Gasteiger partial charge in [0.1, 0.15) is 0 Å². The van der Waals surface area contributed by atoms with E-state index < -0.39 is 0 Å². The van der Waals surface area contributed by atoms with Gasteiger partial charge in [0, 0.05) is 6.54 Å². The number of hydrogen-bond acceptors (Lipinski definition) is 1. The molecule has 1 heteroatoms. The Morgan fingerprint density at radius 3 is 2.11 bits per heavy atom. The molecule has 0 amide bonds. The highest BCUT2D eigenvalue weighted by Gasteiger charge is 2.00. The third-order valence-electron chi connectivity index (χ3n) is 1.39. The summed E-state index contributed by atoms with van der Waals surface area (Å²) in [5, 5.41) is 0. The van der Waals surface area contributed by atoms with Crippen molar-refractivity contribution in [3.05, 3.63) is 6.92 Å². The molecular formula is C8H18N. The molecule has 0 spiro atoms. The fraction of sp³-hybridized carbons (Fsp3) is 0.875. The summed E-state index contributed by atoms with van der Waals surface area (Å²) in [4.78, 5) is 2.34. The highest BCUT2D eigenvalue weighted by molar-refractivity contribution is 4.57. The van der Waals surface area contributed by atoms with Crippen LogP contribution in [0.5, 0.6) is 0 Å². The maximum atomic E-state index is 3.84. The third-order valence-corrected chi connectivity index (χ3v) is 1.39. The van der Waals surface area contributed by atoms with E-state index in [1.807, 2.05) is 0 Å². The largest absolute Gasteiger partial charge is 0.303 e. The minimum atomic E-state index is 0.770. The predicted molar refractivity (Wildman–Crippen MR) is 42.3 cm³/mol. The van der Waals surface area contributed by atoms with Crippen molar-refractivity contribution in [3.8, 4) is 0 Å². The van der Waals surface area contributed by atoms with Crippen LogP contribution in [0.1, 0.15) is 20.8 Å². The van der Waals surface area contributed by atoms with Gasteiger partial charge in [0.25, 0.3) is 0 Å². The van der Waals surface area contributed by atoms with Gasteiger partial charge in [0.15, 0.2) is 0 Å². The number of nitrogens with zero attached hydrogens (tertiary/aromatic N) is 1. The van der Waals surface area contributed by atoms with Gasteiger partial charge in [-0.05, 0) is 25.9 Å². The number of hydrogen-bond donors (Lipinski definition) is 0. The van der Waals surface area contributed by atoms with E-state index in [0.29, 0.717) is 0 Å². The van der Waals surface area contributed by atoms with E-state index in [2.05, 4.69) is 32.6 Å². The molecule has 0 aromatic carbocycles. The predicted octanol–water partition coefficient (Wildman–Crippen LogP) is 1.80. The lowest BCUT2D eigenvalue weighted by atomic mass is 10.2. The van der Waals surface area contributed by atoms with Gasteiger partial charge in [-0.3, -0.25) is 0 Å². The SMILES string of the molecule is [CH2]CN(CC)CC(C)C. The van der Waals surface area contributed by atoms with Crippen molar-refractivity contribution >= 4 is 0 Å². The van der Waals surface area contributed by atoms with E-state index in [4.69, 9.17) is 0 Å². The lowest BCUT2D eigenvalue weighted by Crippen LogP contribution is -2.27. The highest BCUT2D eigenvalue weighted by Crippen LogP contribution is 1.96. The first-order valence-corrected chi connectivity index (χ1v) is 3.72. The molecule has 0 saturated heterocycles. The second kappa shape index (κ2) is 4.80. The van der Waals surface area contributed by atoms with Crippen molar-refractivity contribution in [2.24, 2.45) is 5.92 Å². The lowest BCUT2D eigenvalue weighted by molar-refractivity contribution is 0.281. The molecule has 0 N–H and O–H groups in total. The molecule has 0 bridgehead atoms. The summed E-state index contributed by atoms with van der Waals surface area (Å²) in [5.41, 5.74) is 0. The average molecular weight is 128 g/mol. The lowest BCUT2D eigenvalue weighted by Gasteiger charge is -2.19. The van der Waals surface area contributed by atoms with Gasteiger partial charge in [0.05, 0.1) is 0 Å². The molecule has 0 unspecified atom stereocenters. The second-order valence-corrected chi connectivity index (χ2v) is 2.79. The van der Waals surface area contributed by atoms with Gasteiger partial charge >= 0.3 is 0 Å². The van der Waals surface area contributed by atoms with E-state index in [1.54, 1.807) is 0 Å². The van der Waals surface area contributed by atoms with Crippen molar-refractivity contribution in [2.75, 3.05) is 19.6 Å². The Hall–Kier alpha value is -0.0400. The molecule has 1 nitrogen and oxygen atoms in total. The normalized spacial score (nSPS) is 11.3. The topological polar surface area (TPSA) is 3.24 Å². The van der Waals surface area contributed by atoms with Crippen LogP contribution < -0.4 is 0 Å².